The summed E-state index contributed by atoms with van der Waals surface area (Å²) in [4.78, 5) is 23.8. The smallest absolute Gasteiger partial charge is 0.166 e. The van der Waals surface area contributed by atoms with E-state index < -0.39 is 5.79 Å². The number of carbonyl (C=O) groups is 1. The zero-order valence-corrected chi connectivity index (χ0v) is 12.1. The van der Waals surface area contributed by atoms with Crippen LogP contribution in [0, 0.1) is 0 Å². The molecular formula is C14H15N5O3. The van der Waals surface area contributed by atoms with Crippen LogP contribution in [-0.2, 0) is 14.3 Å². The Morgan fingerprint density at radius 1 is 1.32 bits per heavy atom. The van der Waals surface area contributed by atoms with Crippen molar-refractivity contribution >= 4 is 23.3 Å². The predicted molar refractivity (Wildman–Crippen MR) is 76.7 cm³/mol. The van der Waals surface area contributed by atoms with Crippen LogP contribution in [0.15, 0.2) is 24.3 Å². The van der Waals surface area contributed by atoms with Crippen LogP contribution >= 0.6 is 0 Å². The van der Waals surface area contributed by atoms with Gasteiger partial charge in [0, 0.05) is 5.57 Å². The third kappa shape index (κ3) is 1.77. The van der Waals surface area contributed by atoms with Gasteiger partial charge in [0.05, 0.1) is 12.4 Å². The molecule has 1 aliphatic heterocycles. The van der Waals surface area contributed by atoms with Crippen molar-refractivity contribution in [2.24, 2.45) is 0 Å². The highest BCUT2D eigenvalue weighted by Gasteiger charge is 2.50. The molecule has 0 aromatic carbocycles. The van der Waals surface area contributed by atoms with Crippen molar-refractivity contribution < 1.29 is 14.3 Å². The lowest BCUT2D eigenvalue weighted by Crippen LogP contribution is -2.28. The summed E-state index contributed by atoms with van der Waals surface area (Å²) in [5.41, 5.74) is 7.53. The maximum absolute atomic E-state index is 11.3. The van der Waals surface area contributed by atoms with Gasteiger partial charge in [-0.1, -0.05) is 0 Å². The number of nitrogen functional groups attached to an aromatic ring is 1. The molecule has 0 amide bonds. The normalized spacial score (nSPS) is 29.5. The molecule has 8 nitrogen and oxygen atoms in total. The van der Waals surface area contributed by atoms with Crippen LogP contribution in [-0.4, -0.2) is 43.8 Å². The van der Waals surface area contributed by atoms with E-state index >= 15 is 0 Å². The van der Waals surface area contributed by atoms with Crippen molar-refractivity contribution in [3.8, 4) is 0 Å². The molecule has 22 heavy (non-hydrogen) atoms. The molecule has 0 spiro atoms. The average molecular weight is 301 g/mol. The minimum atomic E-state index is -0.736. The Hall–Kier alpha value is -2.32. The van der Waals surface area contributed by atoms with Gasteiger partial charge in [-0.25, -0.2) is 15.0 Å². The molecule has 0 unspecified atom stereocenters. The van der Waals surface area contributed by atoms with Crippen LogP contribution in [0.3, 0.4) is 0 Å². The maximum atomic E-state index is 11.3. The second-order valence-corrected chi connectivity index (χ2v) is 5.88. The summed E-state index contributed by atoms with van der Waals surface area (Å²) in [5, 5.41) is 0. The molecule has 0 radical (unpaired) electrons. The van der Waals surface area contributed by atoms with Crippen molar-refractivity contribution in [1.82, 2.24) is 19.5 Å². The molecule has 3 heterocycles. The molecule has 114 valence electrons. The van der Waals surface area contributed by atoms with E-state index in [2.05, 4.69) is 15.0 Å². The van der Waals surface area contributed by atoms with Crippen LogP contribution in [0.2, 0.25) is 0 Å². The Morgan fingerprint density at radius 2 is 2.14 bits per heavy atom. The second-order valence-electron chi connectivity index (χ2n) is 5.88. The van der Waals surface area contributed by atoms with Gasteiger partial charge in [-0.2, -0.15) is 0 Å². The lowest BCUT2D eigenvalue weighted by atomic mass is 10.1. The SMILES string of the molecule is CC1(C)O[C@@H]2[C@H](O1)C(C=O)=C[C@H]2n1cnc2c(N)ncnc21. The summed E-state index contributed by atoms with van der Waals surface area (Å²) >= 11 is 0. The summed E-state index contributed by atoms with van der Waals surface area (Å²) in [5.74, 6) is -0.414. The van der Waals surface area contributed by atoms with Crippen LogP contribution in [0.4, 0.5) is 5.82 Å². The van der Waals surface area contributed by atoms with Crippen molar-refractivity contribution in [3.05, 3.63) is 24.3 Å². The van der Waals surface area contributed by atoms with E-state index in [0.717, 1.165) is 6.29 Å². The van der Waals surface area contributed by atoms with Gasteiger partial charge >= 0.3 is 0 Å². The van der Waals surface area contributed by atoms with Gasteiger partial charge < -0.3 is 19.8 Å². The maximum Gasteiger partial charge on any atom is 0.166 e. The van der Waals surface area contributed by atoms with Crippen LogP contribution in [0.1, 0.15) is 19.9 Å². The lowest BCUT2D eigenvalue weighted by Gasteiger charge is -2.21. The summed E-state index contributed by atoms with van der Waals surface area (Å²) < 4.78 is 13.6. The molecule has 2 aliphatic rings. The van der Waals surface area contributed by atoms with Crippen LogP contribution in [0.25, 0.3) is 11.2 Å². The first-order valence-corrected chi connectivity index (χ1v) is 6.96. The Labute approximate surface area is 126 Å². The third-order valence-electron chi connectivity index (χ3n) is 4.00. The molecule has 1 saturated heterocycles. The van der Waals surface area contributed by atoms with Gasteiger partial charge in [0.15, 0.2) is 17.3 Å². The third-order valence-corrected chi connectivity index (χ3v) is 4.00. The Bertz CT molecular complexity index is 797. The fraction of sp³-hybridized carbons (Fsp3) is 0.429. The Balaban J connectivity index is 1.83. The Kier molecular flexibility index (Phi) is 2.63. The number of aldehydes is 1. The second kappa shape index (κ2) is 4.34. The van der Waals surface area contributed by atoms with Gasteiger partial charge in [-0.3, -0.25) is 4.79 Å². The van der Waals surface area contributed by atoms with Gasteiger partial charge in [0.1, 0.15) is 30.3 Å². The molecule has 1 fully saturated rings. The largest absolute Gasteiger partial charge is 0.382 e. The number of anilines is 1. The standard InChI is InChI=1S/C14H15N5O3/c1-14(2)21-10-7(4-20)3-8(11(10)22-14)19-6-18-9-12(15)16-5-17-13(9)19/h3-6,8,10-11H,1-2H3,(H2,15,16,17)/t8-,10-,11+/m1/s1. The highest BCUT2D eigenvalue weighted by molar-refractivity contribution is 5.82. The van der Waals surface area contributed by atoms with E-state index in [0.29, 0.717) is 22.6 Å². The number of carbonyl (C=O) groups excluding carboxylic acids is 1. The van der Waals surface area contributed by atoms with Crippen molar-refractivity contribution in [2.45, 2.75) is 37.9 Å². The van der Waals surface area contributed by atoms with E-state index in [1.807, 2.05) is 24.5 Å². The van der Waals surface area contributed by atoms with E-state index in [-0.39, 0.29) is 18.2 Å². The van der Waals surface area contributed by atoms with Gasteiger partial charge in [0.2, 0.25) is 0 Å². The molecule has 3 atom stereocenters. The molecule has 0 saturated carbocycles. The number of aromatic nitrogens is 4. The summed E-state index contributed by atoms with van der Waals surface area (Å²) in [6.07, 6.45) is 4.98. The van der Waals surface area contributed by atoms with Crippen molar-refractivity contribution in [2.75, 3.05) is 5.73 Å². The number of nitrogens with zero attached hydrogens (tertiary/aromatic N) is 4. The highest BCUT2D eigenvalue weighted by Crippen LogP contribution is 2.43. The lowest BCUT2D eigenvalue weighted by molar-refractivity contribution is -0.148. The summed E-state index contributed by atoms with van der Waals surface area (Å²) in [6.45, 7) is 3.66. The van der Waals surface area contributed by atoms with E-state index in [9.17, 15) is 4.79 Å². The number of rotatable bonds is 2. The van der Waals surface area contributed by atoms with E-state index in [4.69, 9.17) is 15.2 Å². The molecule has 8 heteroatoms. The van der Waals surface area contributed by atoms with Crippen LogP contribution < -0.4 is 5.73 Å². The number of ether oxygens (including phenoxy) is 2. The number of hydrogen-bond donors (Lipinski definition) is 1. The molecule has 1 aliphatic carbocycles. The minimum Gasteiger partial charge on any atom is -0.382 e. The van der Waals surface area contributed by atoms with Gasteiger partial charge in [0.25, 0.3) is 0 Å². The van der Waals surface area contributed by atoms with E-state index in [1.54, 1.807) is 6.33 Å². The minimum absolute atomic E-state index is 0.230. The van der Waals surface area contributed by atoms with Gasteiger partial charge in [-0.05, 0) is 19.9 Å². The summed E-state index contributed by atoms with van der Waals surface area (Å²) in [7, 11) is 0. The molecule has 2 N–H and O–H groups in total. The molecule has 2 aromatic rings. The number of fused-ring (bicyclic) bond motifs is 2. The average Bonchev–Trinajstić information content (AvgIpc) is 3.10. The highest BCUT2D eigenvalue weighted by atomic mass is 16.8. The Morgan fingerprint density at radius 3 is 2.91 bits per heavy atom. The molecule has 4 rings (SSSR count). The zero-order valence-electron chi connectivity index (χ0n) is 12.1. The first-order valence-electron chi connectivity index (χ1n) is 6.96. The van der Waals surface area contributed by atoms with Crippen LogP contribution in [0.5, 0.6) is 0 Å². The van der Waals surface area contributed by atoms with Crippen molar-refractivity contribution in [3.63, 3.8) is 0 Å². The summed E-state index contributed by atoms with van der Waals surface area (Å²) in [6, 6.07) is -0.230. The number of imidazole rings is 1. The zero-order chi connectivity index (χ0) is 15.5. The fourth-order valence-corrected chi connectivity index (χ4v) is 3.12. The molecule has 0 bridgehead atoms. The monoisotopic (exact) mass is 301 g/mol. The van der Waals surface area contributed by atoms with E-state index in [1.165, 1.54) is 6.33 Å². The molecular weight excluding hydrogens is 286 g/mol. The first kappa shape index (κ1) is 13.4. The number of nitrogens with two attached hydrogens (primary N) is 1. The topological polar surface area (TPSA) is 105 Å². The fourth-order valence-electron chi connectivity index (χ4n) is 3.12. The quantitative estimate of drug-likeness (QED) is 0.810. The predicted octanol–water partition coefficient (Wildman–Crippen LogP) is 0.609. The first-order chi connectivity index (χ1) is 10.5. The van der Waals surface area contributed by atoms with Gasteiger partial charge in [-0.15, -0.1) is 0 Å². The van der Waals surface area contributed by atoms with Crippen molar-refractivity contribution in [1.29, 1.82) is 0 Å². The molecule has 2 aromatic heterocycles. The number of hydrogen-bond acceptors (Lipinski definition) is 7.